The zero-order chi connectivity index (χ0) is 13.1. The molecule has 96 valence electrons. The molecule has 0 aliphatic carbocycles. The van der Waals surface area contributed by atoms with Crippen LogP contribution >= 0.6 is 0 Å². The average molecular weight is 247 g/mol. The predicted octanol–water partition coefficient (Wildman–Crippen LogP) is 2.41. The Morgan fingerprint density at radius 3 is 2.89 bits per heavy atom. The summed E-state index contributed by atoms with van der Waals surface area (Å²) < 4.78 is 5.53. The van der Waals surface area contributed by atoms with E-state index in [4.69, 9.17) is 4.42 Å². The summed E-state index contributed by atoms with van der Waals surface area (Å²) in [6, 6.07) is 5.25. The van der Waals surface area contributed by atoms with Gasteiger partial charge in [-0.1, -0.05) is 6.92 Å². The number of aryl methyl sites for hydroxylation is 2. The minimum Gasteiger partial charge on any atom is -0.464 e. The van der Waals surface area contributed by atoms with Gasteiger partial charge in [0, 0.05) is 12.5 Å². The molecule has 0 aliphatic heterocycles. The van der Waals surface area contributed by atoms with Crippen molar-refractivity contribution in [3.63, 3.8) is 0 Å². The minimum absolute atomic E-state index is 0.0299. The molecule has 0 saturated heterocycles. The first-order chi connectivity index (χ1) is 8.58. The fourth-order valence-corrected chi connectivity index (χ4v) is 1.73. The van der Waals surface area contributed by atoms with Gasteiger partial charge in [0.25, 0.3) is 5.56 Å². The van der Waals surface area contributed by atoms with E-state index in [1.54, 1.807) is 0 Å². The lowest BCUT2D eigenvalue weighted by molar-refractivity contribution is 0.466. The number of aromatic amines is 1. The van der Waals surface area contributed by atoms with E-state index in [2.05, 4.69) is 15.3 Å². The third-order valence-corrected chi connectivity index (χ3v) is 2.68. The number of hydrogen-bond donors (Lipinski definition) is 2. The predicted molar refractivity (Wildman–Crippen MR) is 69.7 cm³/mol. The lowest BCUT2D eigenvalue weighted by atomic mass is 10.2. The van der Waals surface area contributed by atoms with Gasteiger partial charge in [-0.3, -0.25) is 4.79 Å². The van der Waals surface area contributed by atoms with Gasteiger partial charge in [-0.2, -0.15) is 0 Å². The molecule has 5 heteroatoms. The molecule has 2 N–H and O–H groups in total. The highest BCUT2D eigenvalue weighted by atomic mass is 16.3. The van der Waals surface area contributed by atoms with Crippen LogP contribution in [0, 0.1) is 6.92 Å². The van der Waals surface area contributed by atoms with Crippen molar-refractivity contribution in [2.45, 2.75) is 33.2 Å². The summed E-state index contributed by atoms with van der Waals surface area (Å²) >= 11 is 0. The van der Waals surface area contributed by atoms with Crippen molar-refractivity contribution in [3.8, 4) is 0 Å². The van der Waals surface area contributed by atoms with Crippen LogP contribution in [0.1, 0.15) is 37.2 Å². The van der Waals surface area contributed by atoms with Crippen molar-refractivity contribution in [1.29, 1.82) is 0 Å². The van der Waals surface area contributed by atoms with Gasteiger partial charge in [0.05, 0.1) is 6.04 Å². The Labute approximate surface area is 105 Å². The lowest BCUT2D eigenvalue weighted by Crippen LogP contribution is -2.15. The Bertz CT molecular complexity index is 586. The second kappa shape index (κ2) is 5.08. The minimum atomic E-state index is -0.146. The van der Waals surface area contributed by atoms with Crippen LogP contribution in [-0.2, 0) is 6.42 Å². The largest absolute Gasteiger partial charge is 0.464 e. The smallest absolute Gasteiger partial charge is 0.252 e. The summed E-state index contributed by atoms with van der Waals surface area (Å²) in [6.45, 7) is 5.81. The van der Waals surface area contributed by atoms with Gasteiger partial charge in [-0.05, 0) is 26.0 Å². The van der Waals surface area contributed by atoms with Crippen molar-refractivity contribution < 1.29 is 4.42 Å². The third kappa shape index (κ3) is 2.80. The number of H-pyrrole nitrogens is 1. The van der Waals surface area contributed by atoms with Crippen molar-refractivity contribution >= 4 is 5.82 Å². The summed E-state index contributed by atoms with van der Waals surface area (Å²) in [5.74, 6) is 2.93. The summed E-state index contributed by atoms with van der Waals surface area (Å²) in [4.78, 5) is 18.4. The molecule has 0 amide bonds. The maximum absolute atomic E-state index is 11.4. The Balaban J connectivity index is 2.18. The molecule has 0 spiro atoms. The quantitative estimate of drug-likeness (QED) is 0.870. The van der Waals surface area contributed by atoms with E-state index in [1.165, 1.54) is 6.07 Å². The fraction of sp³-hybridized carbons (Fsp3) is 0.385. The molecule has 18 heavy (non-hydrogen) atoms. The van der Waals surface area contributed by atoms with Crippen LogP contribution in [0.15, 0.2) is 27.4 Å². The van der Waals surface area contributed by atoms with Crippen LogP contribution in [0.25, 0.3) is 0 Å². The average Bonchev–Trinajstić information content (AvgIpc) is 2.75. The Kier molecular flexibility index (Phi) is 3.50. The number of furan rings is 1. The van der Waals surface area contributed by atoms with E-state index in [1.807, 2.05) is 32.9 Å². The van der Waals surface area contributed by atoms with Gasteiger partial charge in [-0.15, -0.1) is 0 Å². The molecule has 5 nitrogen and oxygen atoms in total. The van der Waals surface area contributed by atoms with E-state index in [0.29, 0.717) is 18.1 Å². The van der Waals surface area contributed by atoms with E-state index in [9.17, 15) is 4.79 Å². The summed E-state index contributed by atoms with van der Waals surface area (Å²) in [5.41, 5.74) is -0.146. The van der Waals surface area contributed by atoms with Crippen LogP contribution < -0.4 is 10.9 Å². The van der Waals surface area contributed by atoms with E-state index in [-0.39, 0.29) is 11.6 Å². The van der Waals surface area contributed by atoms with Crippen molar-refractivity contribution in [2.24, 2.45) is 0 Å². The topological polar surface area (TPSA) is 70.9 Å². The standard InChI is InChI=1S/C13H17N3O2/c1-4-11-15-12(7-13(17)16-11)14-9(3)10-6-5-8(2)18-10/h5-7,9H,4H2,1-3H3,(H2,14,15,16,17). The number of rotatable bonds is 4. The summed E-state index contributed by atoms with van der Waals surface area (Å²) in [6.07, 6.45) is 0.693. The van der Waals surface area contributed by atoms with Crippen LogP contribution in [0.4, 0.5) is 5.82 Å². The van der Waals surface area contributed by atoms with Crippen LogP contribution in [0.3, 0.4) is 0 Å². The fourth-order valence-electron chi connectivity index (χ4n) is 1.73. The highest BCUT2D eigenvalue weighted by molar-refractivity contribution is 5.35. The first-order valence-corrected chi connectivity index (χ1v) is 6.01. The van der Waals surface area contributed by atoms with Gasteiger partial charge in [0.1, 0.15) is 23.2 Å². The van der Waals surface area contributed by atoms with Crippen molar-refractivity contribution in [3.05, 3.63) is 45.9 Å². The molecule has 2 heterocycles. The molecule has 0 bridgehead atoms. The molecule has 2 aromatic rings. The Morgan fingerprint density at radius 2 is 2.28 bits per heavy atom. The number of aromatic nitrogens is 2. The molecule has 0 fully saturated rings. The van der Waals surface area contributed by atoms with Crippen LogP contribution in [-0.4, -0.2) is 9.97 Å². The Hall–Kier alpha value is -2.04. The number of hydrogen-bond acceptors (Lipinski definition) is 4. The third-order valence-electron chi connectivity index (χ3n) is 2.68. The van der Waals surface area contributed by atoms with Crippen LogP contribution in [0.5, 0.6) is 0 Å². The van der Waals surface area contributed by atoms with Gasteiger partial charge < -0.3 is 14.7 Å². The first kappa shape index (κ1) is 12.4. The van der Waals surface area contributed by atoms with E-state index >= 15 is 0 Å². The zero-order valence-corrected chi connectivity index (χ0v) is 10.8. The van der Waals surface area contributed by atoms with Gasteiger partial charge in [-0.25, -0.2) is 4.98 Å². The number of nitrogens with zero attached hydrogens (tertiary/aromatic N) is 1. The molecule has 1 unspecified atom stereocenters. The van der Waals surface area contributed by atoms with Crippen molar-refractivity contribution in [2.75, 3.05) is 5.32 Å². The van der Waals surface area contributed by atoms with Gasteiger partial charge in [0.15, 0.2) is 0 Å². The highest BCUT2D eigenvalue weighted by Crippen LogP contribution is 2.19. The maximum Gasteiger partial charge on any atom is 0.252 e. The second-order valence-electron chi connectivity index (χ2n) is 4.25. The maximum atomic E-state index is 11.4. The van der Waals surface area contributed by atoms with E-state index < -0.39 is 0 Å². The van der Waals surface area contributed by atoms with E-state index in [0.717, 1.165) is 11.5 Å². The van der Waals surface area contributed by atoms with Gasteiger partial charge >= 0.3 is 0 Å². The molecule has 0 aliphatic rings. The first-order valence-electron chi connectivity index (χ1n) is 6.01. The number of anilines is 1. The molecule has 0 aromatic carbocycles. The molecule has 1 atom stereocenters. The SMILES string of the molecule is CCc1nc(NC(C)c2ccc(C)o2)cc(=O)[nH]1. The molecule has 2 rings (SSSR count). The Morgan fingerprint density at radius 1 is 1.50 bits per heavy atom. The lowest BCUT2D eigenvalue weighted by Gasteiger charge is -2.12. The second-order valence-corrected chi connectivity index (χ2v) is 4.25. The molecular formula is C13H17N3O2. The number of nitrogens with one attached hydrogen (secondary N) is 2. The highest BCUT2D eigenvalue weighted by Gasteiger charge is 2.10. The van der Waals surface area contributed by atoms with Gasteiger partial charge in [0.2, 0.25) is 0 Å². The monoisotopic (exact) mass is 247 g/mol. The van der Waals surface area contributed by atoms with Crippen LogP contribution in [0.2, 0.25) is 0 Å². The zero-order valence-electron chi connectivity index (χ0n) is 10.8. The molecule has 2 aromatic heterocycles. The summed E-state index contributed by atoms with van der Waals surface area (Å²) in [7, 11) is 0. The normalized spacial score (nSPS) is 12.4. The molecular weight excluding hydrogens is 230 g/mol. The summed E-state index contributed by atoms with van der Waals surface area (Å²) in [5, 5.41) is 3.16. The molecule has 0 radical (unpaired) electrons. The van der Waals surface area contributed by atoms with Crippen molar-refractivity contribution in [1.82, 2.24) is 9.97 Å². The molecule has 0 saturated carbocycles.